The van der Waals surface area contributed by atoms with Crippen LogP contribution in [-0.4, -0.2) is 25.2 Å². The summed E-state index contributed by atoms with van der Waals surface area (Å²) in [6.45, 7) is 9.64. The highest BCUT2D eigenvalue weighted by molar-refractivity contribution is 6.00. The first-order valence-electron chi connectivity index (χ1n) is 12.3. The van der Waals surface area contributed by atoms with Gasteiger partial charge >= 0.3 is 11.9 Å². The minimum absolute atomic E-state index is 0.354. The Kier molecular flexibility index (Phi) is 14.7. The standard InChI is InChI=1S/C27H44O4/c1-22(2)16-10-5-7-14-20-30-26(28)25(24-18-12-9-13-19-24)27(29)31-21-15-8-6-11-17-23(3)4/h9,12-13,18-19,22-23,25H,5-8,10-11,14-17,20-21H2,1-4H3. The summed E-state index contributed by atoms with van der Waals surface area (Å²) in [5.74, 6) is -0.542. The number of ether oxygens (including phenoxy) is 2. The second kappa shape index (κ2) is 16.8. The summed E-state index contributed by atoms with van der Waals surface area (Å²) in [4.78, 5) is 25.4. The van der Waals surface area contributed by atoms with E-state index in [0.717, 1.165) is 50.4 Å². The number of hydrogen-bond donors (Lipinski definition) is 0. The highest BCUT2D eigenvalue weighted by atomic mass is 16.6. The zero-order valence-electron chi connectivity index (χ0n) is 20.2. The van der Waals surface area contributed by atoms with Gasteiger partial charge in [0.15, 0.2) is 5.92 Å². The van der Waals surface area contributed by atoms with Gasteiger partial charge in [-0.15, -0.1) is 0 Å². The number of unbranched alkanes of at least 4 members (excludes halogenated alkanes) is 6. The molecule has 0 radical (unpaired) electrons. The van der Waals surface area contributed by atoms with Gasteiger partial charge in [-0.2, -0.15) is 0 Å². The van der Waals surface area contributed by atoms with Crippen LogP contribution < -0.4 is 0 Å². The van der Waals surface area contributed by atoms with Crippen molar-refractivity contribution in [2.24, 2.45) is 11.8 Å². The lowest BCUT2D eigenvalue weighted by atomic mass is 9.99. The van der Waals surface area contributed by atoms with Crippen molar-refractivity contribution in [3.63, 3.8) is 0 Å². The molecule has 0 bridgehead atoms. The Morgan fingerprint density at radius 3 is 1.48 bits per heavy atom. The number of carbonyl (C=O) groups excluding carboxylic acids is 2. The zero-order chi connectivity index (χ0) is 22.9. The van der Waals surface area contributed by atoms with Gasteiger partial charge in [-0.05, 0) is 30.2 Å². The average Bonchev–Trinajstić information content (AvgIpc) is 2.73. The number of benzene rings is 1. The van der Waals surface area contributed by atoms with Crippen LogP contribution in [-0.2, 0) is 19.1 Å². The molecule has 4 nitrogen and oxygen atoms in total. The number of rotatable bonds is 17. The van der Waals surface area contributed by atoms with Crippen molar-refractivity contribution >= 4 is 11.9 Å². The van der Waals surface area contributed by atoms with Gasteiger partial charge in [-0.3, -0.25) is 9.59 Å². The van der Waals surface area contributed by atoms with Crippen molar-refractivity contribution in [1.29, 1.82) is 0 Å². The SMILES string of the molecule is CC(C)CCCCCCOC(=O)C(C(=O)OCCCCCCC(C)C)c1ccccc1. The Balaban J connectivity index is 2.41. The molecule has 176 valence electrons. The predicted octanol–water partition coefficient (Wildman–Crippen LogP) is 7.07. The summed E-state index contributed by atoms with van der Waals surface area (Å²) in [6.07, 6.45) is 10.9. The summed E-state index contributed by atoms with van der Waals surface area (Å²) in [6, 6.07) is 9.08. The van der Waals surface area contributed by atoms with Crippen LogP contribution in [0.4, 0.5) is 0 Å². The molecule has 1 aromatic carbocycles. The van der Waals surface area contributed by atoms with Crippen LogP contribution in [0, 0.1) is 11.8 Å². The Morgan fingerprint density at radius 1 is 0.645 bits per heavy atom. The minimum Gasteiger partial charge on any atom is -0.465 e. The van der Waals surface area contributed by atoms with Crippen LogP contribution in [0.3, 0.4) is 0 Å². The molecule has 0 aliphatic rings. The summed E-state index contributed by atoms with van der Waals surface area (Å²) >= 11 is 0. The van der Waals surface area contributed by atoms with E-state index in [1.54, 1.807) is 12.1 Å². The Labute approximate surface area is 190 Å². The number of hydrogen-bond acceptors (Lipinski definition) is 4. The van der Waals surface area contributed by atoms with E-state index in [1.165, 1.54) is 25.7 Å². The first kappa shape index (κ1) is 27.2. The molecule has 0 aliphatic carbocycles. The van der Waals surface area contributed by atoms with Gasteiger partial charge in [0.05, 0.1) is 13.2 Å². The molecule has 0 heterocycles. The average molecular weight is 433 g/mol. The van der Waals surface area contributed by atoms with E-state index in [9.17, 15) is 9.59 Å². The Bertz CT molecular complexity index is 561. The third-order valence-electron chi connectivity index (χ3n) is 5.44. The number of esters is 2. The van der Waals surface area contributed by atoms with Crippen LogP contribution in [0.2, 0.25) is 0 Å². The van der Waals surface area contributed by atoms with Gasteiger partial charge < -0.3 is 9.47 Å². The van der Waals surface area contributed by atoms with E-state index >= 15 is 0 Å². The highest BCUT2D eigenvalue weighted by Crippen LogP contribution is 2.20. The maximum Gasteiger partial charge on any atom is 0.324 e. The van der Waals surface area contributed by atoms with Crippen molar-refractivity contribution in [3.8, 4) is 0 Å². The monoisotopic (exact) mass is 432 g/mol. The first-order valence-corrected chi connectivity index (χ1v) is 12.3. The van der Waals surface area contributed by atoms with Gasteiger partial charge in [-0.25, -0.2) is 0 Å². The fraction of sp³-hybridized carbons (Fsp3) is 0.704. The zero-order valence-corrected chi connectivity index (χ0v) is 20.2. The van der Waals surface area contributed by atoms with Gasteiger partial charge in [0, 0.05) is 0 Å². The number of carbonyl (C=O) groups is 2. The summed E-state index contributed by atoms with van der Waals surface area (Å²) in [7, 11) is 0. The molecule has 0 atom stereocenters. The first-order chi connectivity index (χ1) is 14.9. The molecule has 0 aromatic heterocycles. The van der Waals surface area contributed by atoms with E-state index in [4.69, 9.17) is 9.47 Å². The highest BCUT2D eigenvalue weighted by Gasteiger charge is 2.31. The molecule has 4 heteroatoms. The lowest BCUT2D eigenvalue weighted by Gasteiger charge is -2.16. The molecular formula is C27H44O4. The molecule has 0 fully saturated rings. The molecule has 1 aromatic rings. The van der Waals surface area contributed by atoms with Gasteiger partial charge in [0.25, 0.3) is 0 Å². The van der Waals surface area contributed by atoms with Gasteiger partial charge in [0.1, 0.15) is 0 Å². The van der Waals surface area contributed by atoms with Crippen molar-refractivity contribution in [1.82, 2.24) is 0 Å². The second-order valence-corrected chi connectivity index (χ2v) is 9.37. The second-order valence-electron chi connectivity index (χ2n) is 9.37. The van der Waals surface area contributed by atoms with Crippen LogP contribution in [0.5, 0.6) is 0 Å². The van der Waals surface area contributed by atoms with E-state index in [1.807, 2.05) is 18.2 Å². The fourth-order valence-corrected chi connectivity index (χ4v) is 3.54. The Morgan fingerprint density at radius 2 is 1.06 bits per heavy atom. The molecule has 0 saturated carbocycles. The summed E-state index contributed by atoms with van der Waals surface area (Å²) < 4.78 is 10.9. The van der Waals surface area contributed by atoms with Crippen molar-refractivity contribution in [2.75, 3.05) is 13.2 Å². The van der Waals surface area contributed by atoms with Crippen molar-refractivity contribution in [3.05, 3.63) is 35.9 Å². The molecule has 1 rings (SSSR count). The van der Waals surface area contributed by atoms with E-state index in [0.29, 0.717) is 18.8 Å². The fourth-order valence-electron chi connectivity index (χ4n) is 3.54. The third-order valence-corrected chi connectivity index (χ3v) is 5.44. The Hall–Kier alpha value is -1.84. The molecule has 0 N–H and O–H groups in total. The largest absolute Gasteiger partial charge is 0.465 e. The predicted molar refractivity (Wildman–Crippen MR) is 127 cm³/mol. The van der Waals surface area contributed by atoms with Crippen molar-refractivity contribution in [2.45, 2.75) is 97.8 Å². The minimum atomic E-state index is -0.997. The quantitative estimate of drug-likeness (QED) is 0.150. The molecular weight excluding hydrogens is 388 g/mol. The maximum atomic E-state index is 12.7. The van der Waals surface area contributed by atoms with E-state index in [2.05, 4.69) is 27.7 Å². The summed E-state index contributed by atoms with van der Waals surface area (Å²) in [5.41, 5.74) is 0.631. The van der Waals surface area contributed by atoms with Crippen LogP contribution in [0.15, 0.2) is 30.3 Å². The van der Waals surface area contributed by atoms with Gasteiger partial charge in [-0.1, -0.05) is 109 Å². The lowest BCUT2D eigenvalue weighted by Crippen LogP contribution is -2.26. The molecule has 0 amide bonds. The van der Waals surface area contributed by atoms with Crippen LogP contribution in [0.1, 0.15) is 103 Å². The molecule has 0 aliphatic heterocycles. The van der Waals surface area contributed by atoms with Crippen LogP contribution >= 0.6 is 0 Å². The topological polar surface area (TPSA) is 52.6 Å². The van der Waals surface area contributed by atoms with E-state index < -0.39 is 17.9 Å². The normalized spacial score (nSPS) is 11.3. The third kappa shape index (κ3) is 13.2. The van der Waals surface area contributed by atoms with E-state index in [-0.39, 0.29) is 0 Å². The van der Waals surface area contributed by atoms with Crippen molar-refractivity contribution < 1.29 is 19.1 Å². The summed E-state index contributed by atoms with van der Waals surface area (Å²) in [5, 5.41) is 0. The van der Waals surface area contributed by atoms with Crippen LogP contribution in [0.25, 0.3) is 0 Å². The molecule has 0 spiro atoms. The molecule has 0 unspecified atom stereocenters. The smallest absolute Gasteiger partial charge is 0.324 e. The van der Waals surface area contributed by atoms with Gasteiger partial charge in [0.2, 0.25) is 0 Å². The molecule has 31 heavy (non-hydrogen) atoms. The lowest BCUT2D eigenvalue weighted by molar-refractivity contribution is -0.157. The maximum absolute atomic E-state index is 12.7. The molecule has 0 saturated heterocycles.